The number of aliphatic imine (C=N–C) groups is 1. The number of amides is 1. The lowest BCUT2D eigenvalue weighted by atomic mass is 9.94. The zero-order chi connectivity index (χ0) is 33.7. The quantitative estimate of drug-likeness (QED) is 0.157. The fourth-order valence-electron chi connectivity index (χ4n) is 5.51. The summed E-state index contributed by atoms with van der Waals surface area (Å²) < 4.78 is 56.8. The molecule has 1 aliphatic heterocycles. The van der Waals surface area contributed by atoms with Crippen molar-refractivity contribution >= 4 is 28.5 Å². The third-order valence-corrected chi connectivity index (χ3v) is 9.08. The van der Waals surface area contributed by atoms with E-state index in [1.165, 1.54) is 41.3 Å². The van der Waals surface area contributed by atoms with E-state index in [1.54, 1.807) is 23.9 Å². The SMILES string of the molecule is CC(C)c1cc(F)ccc1N1C(=NC(=O)CCCC(C)c2ccc(-c3ncn(-c4ccc(OC(F)(F)F)cc4)n3)cc2)SCCC1C. The molecule has 3 aromatic carbocycles. The minimum absolute atomic E-state index is 0.122. The molecule has 47 heavy (non-hydrogen) atoms. The topological polar surface area (TPSA) is 72.6 Å². The van der Waals surface area contributed by atoms with Crippen molar-refractivity contribution < 1.29 is 27.1 Å². The molecule has 0 N–H and O–H groups in total. The predicted octanol–water partition coefficient (Wildman–Crippen LogP) is 9.28. The molecule has 4 aromatic rings. The number of halogens is 4. The van der Waals surface area contributed by atoms with E-state index in [9.17, 15) is 22.4 Å². The second-order valence-electron chi connectivity index (χ2n) is 12.0. The molecule has 1 saturated heterocycles. The Morgan fingerprint density at radius 1 is 1.06 bits per heavy atom. The van der Waals surface area contributed by atoms with E-state index in [4.69, 9.17) is 0 Å². The summed E-state index contributed by atoms with van der Waals surface area (Å²) in [4.78, 5) is 24.0. The van der Waals surface area contributed by atoms with Gasteiger partial charge in [-0.3, -0.25) is 4.79 Å². The monoisotopic (exact) mass is 667 g/mol. The van der Waals surface area contributed by atoms with Crippen molar-refractivity contribution in [2.75, 3.05) is 10.7 Å². The Morgan fingerprint density at radius 3 is 2.47 bits per heavy atom. The first kappa shape index (κ1) is 34.2. The maximum absolute atomic E-state index is 14.1. The van der Waals surface area contributed by atoms with Crippen molar-refractivity contribution in [3.8, 4) is 22.8 Å². The maximum atomic E-state index is 14.1. The van der Waals surface area contributed by atoms with Gasteiger partial charge in [-0.05, 0) is 91.6 Å². The van der Waals surface area contributed by atoms with Crippen LogP contribution in [-0.4, -0.2) is 44.0 Å². The molecule has 1 aromatic heterocycles. The lowest BCUT2D eigenvalue weighted by molar-refractivity contribution is -0.274. The van der Waals surface area contributed by atoms with Crippen LogP contribution < -0.4 is 9.64 Å². The van der Waals surface area contributed by atoms with Crippen LogP contribution in [0.1, 0.15) is 76.3 Å². The molecule has 0 saturated carbocycles. The standard InChI is InChI=1S/C35H37F4N5O2S/c1-22(2)30-20-27(36)12-17-31(30)44-24(4)18-19-47-34(44)41-32(45)7-5-6-23(3)25-8-10-26(11-9-25)33-40-21-43(42-33)28-13-15-29(16-14-28)46-35(37,38)39/h8-17,20-24H,5-7,18-19H2,1-4H3. The van der Waals surface area contributed by atoms with Gasteiger partial charge in [0.15, 0.2) is 11.0 Å². The van der Waals surface area contributed by atoms with Crippen LogP contribution in [0.3, 0.4) is 0 Å². The predicted molar refractivity (Wildman–Crippen MR) is 178 cm³/mol. The highest BCUT2D eigenvalue weighted by atomic mass is 32.2. The van der Waals surface area contributed by atoms with E-state index < -0.39 is 6.36 Å². The molecule has 0 radical (unpaired) electrons. The molecule has 0 aliphatic carbocycles. The molecule has 0 spiro atoms. The summed E-state index contributed by atoms with van der Waals surface area (Å²) in [7, 11) is 0. The number of amidine groups is 1. The number of hydrogen-bond acceptors (Lipinski definition) is 5. The van der Waals surface area contributed by atoms with Gasteiger partial charge in [-0.15, -0.1) is 18.3 Å². The maximum Gasteiger partial charge on any atom is 0.573 e. The lowest BCUT2D eigenvalue weighted by Gasteiger charge is -2.37. The van der Waals surface area contributed by atoms with Crippen molar-refractivity contribution in [1.29, 1.82) is 0 Å². The summed E-state index contributed by atoms with van der Waals surface area (Å²) in [6.07, 6.45) is -0.483. The lowest BCUT2D eigenvalue weighted by Crippen LogP contribution is -2.42. The normalized spacial score (nSPS) is 16.9. The zero-order valence-electron chi connectivity index (χ0n) is 26.7. The first-order valence-electron chi connectivity index (χ1n) is 15.6. The molecule has 2 heterocycles. The Bertz CT molecular complexity index is 1700. The number of carbonyl (C=O) groups is 1. The average Bonchev–Trinajstić information content (AvgIpc) is 3.51. The number of aromatic nitrogens is 3. The summed E-state index contributed by atoms with van der Waals surface area (Å²) >= 11 is 1.57. The Kier molecular flexibility index (Phi) is 10.7. The Labute approximate surface area is 276 Å². The number of nitrogens with zero attached hydrogens (tertiary/aromatic N) is 5. The van der Waals surface area contributed by atoms with Gasteiger partial charge >= 0.3 is 6.36 Å². The molecular weight excluding hydrogens is 630 g/mol. The Hall–Kier alpha value is -4.19. The molecule has 12 heteroatoms. The van der Waals surface area contributed by atoms with Crippen molar-refractivity contribution in [3.05, 3.63) is 90.0 Å². The molecule has 7 nitrogen and oxygen atoms in total. The number of carbonyl (C=O) groups excluding carboxylic acids is 1. The van der Waals surface area contributed by atoms with Crippen LogP contribution in [0, 0.1) is 5.82 Å². The van der Waals surface area contributed by atoms with Crippen LogP contribution in [0.5, 0.6) is 5.75 Å². The first-order chi connectivity index (χ1) is 22.4. The second-order valence-corrected chi connectivity index (χ2v) is 13.0. The summed E-state index contributed by atoms with van der Waals surface area (Å²) in [6.45, 7) is 8.30. The van der Waals surface area contributed by atoms with Crippen LogP contribution in [0.4, 0.5) is 23.2 Å². The van der Waals surface area contributed by atoms with E-state index in [0.29, 0.717) is 29.5 Å². The van der Waals surface area contributed by atoms with Crippen LogP contribution in [0.2, 0.25) is 0 Å². The Balaban J connectivity index is 1.17. The zero-order valence-corrected chi connectivity index (χ0v) is 27.5. The number of rotatable bonds is 10. The van der Waals surface area contributed by atoms with Gasteiger partial charge in [0.1, 0.15) is 17.9 Å². The molecule has 5 rings (SSSR count). The number of hydrogen-bond donors (Lipinski definition) is 0. The average molecular weight is 668 g/mol. The fourth-order valence-corrected chi connectivity index (χ4v) is 6.74. The van der Waals surface area contributed by atoms with Gasteiger partial charge in [0.2, 0.25) is 5.91 Å². The van der Waals surface area contributed by atoms with Crippen LogP contribution in [0.15, 0.2) is 78.0 Å². The number of alkyl halides is 3. The van der Waals surface area contributed by atoms with Crippen LogP contribution in [-0.2, 0) is 4.79 Å². The van der Waals surface area contributed by atoms with Gasteiger partial charge in [-0.2, -0.15) is 4.99 Å². The van der Waals surface area contributed by atoms with Gasteiger partial charge in [0.25, 0.3) is 0 Å². The first-order valence-corrected chi connectivity index (χ1v) is 16.6. The highest BCUT2D eigenvalue weighted by Gasteiger charge is 2.31. The number of benzene rings is 3. The molecule has 1 amide bonds. The van der Waals surface area contributed by atoms with E-state index in [-0.39, 0.29) is 35.4 Å². The van der Waals surface area contributed by atoms with Crippen molar-refractivity contribution in [3.63, 3.8) is 0 Å². The highest BCUT2D eigenvalue weighted by Crippen LogP contribution is 2.35. The highest BCUT2D eigenvalue weighted by molar-refractivity contribution is 8.14. The minimum Gasteiger partial charge on any atom is -0.406 e. The number of ether oxygens (including phenoxy) is 1. The van der Waals surface area contributed by atoms with E-state index >= 15 is 0 Å². The van der Waals surface area contributed by atoms with Gasteiger partial charge in [0, 0.05) is 29.5 Å². The third-order valence-electron chi connectivity index (χ3n) is 8.10. The smallest absolute Gasteiger partial charge is 0.406 e. The van der Waals surface area contributed by atoms with Crippen molar-refractivity contribution in [2.45, 2.75) is 77.6 Å². The number of anilines is 1. The third kappa shape index (κ3) is 8.79. The molecular formula is C35H37F4N5O2S. The summed E-state index contributed by atoms with van der Waals surface area (Å²) in [5, 5.41) is 5.14. The minimum atomic E-state index is -4.75. The number of thioether (sulfide) groups is 1. The molecule has 2 atom stereocenters. The van der Waals surface area contributed by atoms with Gasteiger partial charge in [-0.25, -0.2) is 14.1 Å². The van der Waals surface area contributed by atoms with Crippen LogP contribution in [0.25, 0.3) is 17.1 Å². The summed E-state index contributed by atoms with van der Waals surface area (Å²) in [6, 6.07) is 18.3. The van der Waals surface area contributed by atoms with Crippen molar-refractivity contribution in [1.82, 2.24) is 14.8 Å². The molecule has 2 unspecified atom stereocenters. The molecule has 248 valence electrons. The van der Waals surface area contributed by atoms with E-state index in [2.05, 4.69) is 38.6 Å². The molecule has 0 bridgehead atoms. The van der Waals surface area contributed by atoms with Crippen LogP contribution >= 0.6 is 11.8 Å². The Morgan fingerprint density at radius 2 is 1.79 bits per heavy atom. The van der Waals surface area contributed by atoms with Gasteiger partial charge in [-0.1, -0.05) is 56.8 Å². The van der Waals surface area contributed by atoms with Crippen molar-refractivity contribution in [2.24, 2.45) is 4.99 Å². The van der Waals surface area contributed by atoms with Gasteiger partial charge in [0.05, 0.1) is 5.69 Å². The largest absolute Gasteiger partial charge is 0.573 e. The molecule has 1 aliphatic rings. The summed E-state index contributed by atoms with van der Waals surface area (Å²) in [5.41, 5.74) is 4.26. The fraction of sp³-hybridized carbons (Fsp3) is 0.371. The van der Waals surface area contributed by atoms with E-state index in [0.717, 1.165) is 41.0 Å². The van der Waals surface area contributed by atoms with E-state index in [1.807, 2.05) is 38.1 Å². The second kappa shape index (κ2) is 14.7. The molecule has 1 fully saturated rings. The van der Waals surface area contributed by atoms with Gasteiger partial charge < -0.3 is 9.64 Å². The summed E-state index contributed by atoms with van der Waals surface area (Å²) in [5.74, 6) is 0.944.